The van der Waals surface area contributed by atoms with Crippen LogP contribution in [0.3, 0.4) is 0 Å². The minimum Gasteiger partial charge on any atom is -0.616 e. The first-order valence-corrected chi connectivity index (χ1v) is 5.94. The molecule has 3 nitrogen and oxygen atoms in total. The number of carbonyl (C=O) groups excluding carboxylic acids is 1. The molecule has 0 saturated heterocycles. The molecule has 0 rings (SSSR count). The fourth-order valence-corrected chi connectivity index (χ4v) is 1.40. The second-order valence-electron chi connectivity index (χ2n) is 5.19. The molecule has 84 valence electrons. The summed E-state index contributed by atoms with van der Waals surface area (Å²) in [5.74, 6) is -0.424. The van der Waals surface area contributed by atoms with Crippen molar-refractivity contribution in [1.29, 1.82) is 0 Å². The SMILES string of the molecule is CC(C)(C)OC(=O)C[S+]([O-])C(C)(C)C. The third-order valence-electron chi connectivity index (χ3n) is 1.35. The molecule has 0 N–H and O–H groups in total. The molecule has 0 bridgehead atoms. The molecule has 1 unspecified atom stereocenters. The van der Waals surface area contributed by atoms with E-state index in [1.54, 1.807) is 20.8 Å². The number of carbonyl (C=O) groups is 1. The van der Waals surface area contributed by atoms with E-state index in [1.165, 1.54) is 0 Å². The lowest BCUT2D eigenvalue weighted by Crippen LogP contribution is -2.36. The number of rotatable bonds is 2. The van der Waals surface area contributed by atoms with Crippen LogP contribution in [0.2, 0.25) is 0 Å². The Balaban J connectivity index is 4.09. The van der Waals surface area contributed by atoms with Crippen LogP contribution in [0.5, 0.6) is 0 Å². The summed E-state index contributed by atoms with van der Waals surface area (Å²) in [6, 6.07) is 0. The normalized spacial score (nSPS) is 15.1. The second-order valence-corrected chi connectivity index (χ2v) is 7.39. The third kappa shape index (κ3) is 6.27. The maximum atomic E-state index is 11.6. The molecule has 1 atom stereocenters. The fourth-order valence-electron chi connectivity index (χ4n) is 0.695. The minimum atomic E-state index is -1.18. The van der Waals surface area contributed by atoms with Crippen molar-refractivity contribution in [3.63, 3.8) is 0 Å². The average molecular weight is 220 g/mol. The molecule has 0 fully saturated rings. The molecule has 0 heterocycles. The summed E-state index contributed by atoms with van der Waals surface area (Å²) in [5, 5.41) is 0. The Hall–Kier alpha value is -0.220. The van der Waals surface area contributed by atoms with Crippen molar-refractivity contribution in [1.82, 2.24) is 0 Å². The molecule has 0 amide bonds. The summed E-state index contributed by atoms with van der Waals surface area (Å²) in [7, 11) is 0. The molecule has 14 heavy (non-hydrogen) atoms. The lowest BCUT2D eigenvalue weighted by Gasteiger charge is -2.25. The standard InChI is InChI=1S/C10H20O3S/c1-9(2,3)13-8(11)7-14(12)10(4,5)6/h7H2,1-6H3. The van der Waals surface area contributed by atoms with E-state index >= 15 is 0 Å². The maximum absolute atomic E-state index is 11.6. The van der Waals surface area contributed by atoms with Crippen LogP contribution in [-0.2, 0) is 20.7 Å². The summed E-state index contributed by atoms with van der Waals surface area (Å²) in [4.78, 5) is 11.3. The van der Waals surface area contributed by atoms with Crippen LogP contribution >= 0.6 is 0 Å². The van der Waals surface area contributed by atoms with Crippen LogP contribution in [0.25, 0.3) is 0 Å². The first-order chi connectivity index (χ1) is 6.02. The highest BCUT2D eigenvalue weighted by Gasteiger charge is 2.30. The third-order valence-corrected chi connectivity index (χ3v) is 3.22. The molecule has 0 aliphatic carbocycles. The van der Waals surface area contributed by atoms with Crippen LogP contribution in [0, 0.1) is 0 Å². The zero-order chi connectivity index (χ0) is 11.6. The largest absolute Gasteiger partial charge is 0.616 e. The highest BCUT2D eigenvalue weighted by molar-refractivity contribution is 7.93. The van der Waals surface area contributed by atoms with Gasteiger partial charge in [0, 0.05) is 0 Å². The summed E-state index contributed by atoms with van der Waals surface area (Å²) < 4.78 is 16.3. The van der Waals surface area contributed by atoms with Gasteiger partial charge >= 0.3 is 5.97 Å². The first kappa shape index (κ1) is 13.8. The quantitative estimate of drug-likeness (QED) is 0.527. The van der Waals surface area contributed by atoms with E-state index in [9.17, 15) is 9.35 Å². The molecule has 0 saturated carbocycles. The van der Waals surface area contributed by atoms with E-state index in [-0.39, 0.29) is 10.5 Å². The number of ether oxygens (including phenoxy) is 1. The van der Waals surface area contributed by atoms with Gasteiger partial charge < -0.3 is 9.29 Å². The Morgan fingerprint density at radius 1 is 1.21 bits per heavy atom. The molecule has 0 aromatic heterocycles. The summed E-state index contributed by atoms with van der Waals surface area (Å²) in [6.07, 6.45) is 0. The zero-order valence-corrected chi connectivity index (χ0v) is 10.7. The first-order valence-electron chi connectivity index (χ1n) is 4.63. The van der Waals surface area contributed by atoms with E-state index in [2.05, 4.69) is 0 Å². The van der Waals surface area contributed by atoms with Crippen molar-refractivity contribution in [2.24, 2.45) is 0 Å². The Morgan fingerprint density at radius 3 is 1.93 bits per heavy atom. The molecule has 0 aromatic carbocycles. The van der Waals surface area contributed by atoms with Crippen molar-refractivity contribution in [2.75, 3.05) is 5.75 Å². The molecule has 0 spiro atoms. The summed E-state index contributed by atoms with van der Waals surface area (Å²) >= 11 is -1.18. The lowest BCUT2D eigenvalue weighted by atomic mass is 10.2. The van der Waals surface area contributed by atoms with E-state index in [4.69, 9.17) is 4.74 Å². The van der Waals surface area contributed by atoms with Crippen molar-refractivity contribution < 1.29 is 14.1 Å². The molecule has 0 aliphatic rings. The van der Waals surface area contributed by atoms with Crippen molar-refractivity contribution >= 4 is 17.1 Å². The van der Waals surface area contributed by atoms with E-state index in [0.717, 1.165) is 0 Å². The van der Waals surface area contributed by atoms with Crippen molar-refractivity contribution in [3.05, 3.63) is 0 Å². The average Bonchev–Trinajstić information content (AvgIpc) is 1.79. The Morgan fingerprint density at radius 2 is 1.64 bits per heavy atom. The van der Waals surface area contributed by atoms with Crippen LogP contribution in [0.4, 0.5) is 0 Å². The number of esters is 1. The van der Waals surface area contributed by atoms with Crippen LogP contribution in [-0.4, -0.2) is 26.6 Å². The molecule has 0 radical (unpaired) electrons. The predicted molar refractivity (Wildman–Crippen MR) is 58.6 cm³/mol. The van der Waals surface area contributed by atoms with Crippen molar-refractivity contribution in [2.45, 2.75) is 51.9 Å². The van der Waals surface area contributed by atoms with E-state index in [0.29, 0.717) is 0 Å². The predicted octanol–water partition coefficient (Wildman–Crippen LogP) is 1.88. The monoisotopic (exact) mass is 220 g/mol. The van der Waals surface area contributed by atoms with E-state index in [1.807, 2.05) is 20.8 Å². The Labute approximate surface area is 89.4 Å². The molecular formula is C10H20O3S. The summed E-state index contributed by atoms with van der Waals surface area (Å²) in [6.45, 7) is 10.9. The van der Waals surface area contributed by atoms with E-state index < -0.39 is 22.7 Å². The van der Waals surface area contributed by atoms with Crippen LogP contribution in [0.1, 0.15) is 41.5 Å². The Kier molecular flexibility index (Phi) is 4.46. The highest BCUT2D eigenvalue weighted by atomic mass is 32.2. The van der Waals surface area contributed by atoms with Crippen LogP contribution < -0.4 is 0 Å². The lowest BCUT2D eigenvalue weighted by molar-refractivity contribution is -0.151. The van der Waals surface area contributed by atoms with Gasteiger partial charge in [0.2, 0.25) is 5.75 Å². The molecule has 0 aliphatic heterocycles. The van der Waals surface area contributed by atoms with Gasteiger partial charge in [-0.15, -0.1) is 0 Å². The van der Waals surface area contributed by atoms with Gasteiger partial charge in [-0.1, -0.05) is 0 Å². The minimum absolute atomic E-state index is 0.0270. The number of hydrogen-bond acceptors (Lipinski definition) is 3. The molecule has 4 heteroatoms. The number of hydrogen-bond donors (Lipinski definition) is 0. The second kappa shape index (κ2) is 4.53. The molecule has 0 aromatic rings. The molecular weight excluding hydrogens is 200 g/mol. The van der Waals surface area contributed by atoms with Gasteiger partial charge in [-0.05, 0) is 52.7 Å². The van der Waals surface area contributed by atoms with Crippen LogP contribution in [0.15, 0.2) is 0 Å². The van der Waals surface area contributed by atoms with Gasteiger partial charge in [0.25, 0.3) is 0 Å². The smallest absolute Gasteiger partial charge is 0.356 e. The van der Waals surface area contributed by atoms with Gasteiger partial charge in [-0.2, -0.15) is 0 Å². The van der Waals surface area contributed by atoms with Crippen molar-refractivity contribution in [3.8, 4) is 0 Å². The highest BCUT2D eigenvalue weighted by Crippen LogP contribution is 2.17. The van der Waals surface area contributed by atoms with Gasteiger partial charge in [0.1, 0.15) is 10.3 Å². The maximum Gasteiger partial charge on any atom is 0.356 e. The van der Waals surface area contributed by atoms with Gasteiger partial charge in [0.05, 0.1) is 0 Å². The van der Waals surface area contributed by atoms with Gasteiger partial charge in [-0.25, -0.2) is 4.79 Å². The Bertz CT molecular complexity index is 200. The topological polar surface area (TPSA) is 49.4 Å². The van der Waals surface area contributed by atoms with Gasteiger partial charge in [-0.3, -0.25) is 0 Å². The summed E-state index contributed by atoms with van der Waals surface area (Å²) in [5.41, 5.74) is -0.501. The fraction of sp³-hybridized carbons (Fsp3) is 0.900. The van der Waals surface area contributed by atoms with Gasteiger partial charge in [0.15, 0.2) is 0 Å². The zero-order valence-electron chi connectivity index (χ0n) is 9.84.